The van der Waals surface area contributed by atoms with Gasteiger partial charge in [-0.05, 0) is 18.9 Å². The average molecular weight is 326 g/mol. The zero-order valence-electron chi connectivity index (χ0n) is 12.5. The molecule has 0 aliphatic carbocycles. The number of pyridine rings is 1. The average Bonchev–Trinajstić information content (AvgIpc) is 3.21. The molecule has 1 amide bonds. The number of rotatable bonds is 5. The number of likely N-dealkylation sites (N-methyl/N-ethyl adjacent to an activating group) is 1. The van der Waals surface area contributed by atoms with Gasteiger partial charge in [-0.3, -0.25) is 4.79 Å². The highest BCUT2D eigenvalue weighted by Gasteiger charge is 2.17. The minimum absolute atomic E-state index is 0.143. The van der Waals surface area contributed by atoms with Crippen LogP contribution < -0.4 is 0 Å². The predicted molar refractivity (Wildman–Crippen MR) is 90.5 cm³/mol. The van der Waals surface area contributed by atoms with Crippen molar-refractivity contribution >= 4 is 35.4 Å². The monoisotopic (exact) mass is 326 g/mol. The lowest BCUT2D eigenvalue weighted by Gasteiger charge is -2.15. The third-order valence-electron chi connectivity index (χ3n) is 3.20. The highest BCUT2D eigenvalue weighted by atomic mass is 32.1. The number of thiazole rings is 1. The van der Waals surface area contributed by atoms with Gasteiger partial charge in [0.25, 0.3) is 5.91 Å². The van der Waals surface area contributed by atoms with Crippen LogP contribution in [0.5, 0.6) is 0 Å². The van der Waals surface area contributed by atoms with Gasteiger partial charge in [0.1, 0.15) is 0 Å². The van der Waals surface area contributed by atoms with Gasteiger partial charge < -0.3 is 4.90 Å². The first-order chi connectivity index (χ1) is 11.1. The van der Waals surface area contributed by atoms with E-state index in [0.717, 1.165) is 0 Å². The molecule has 3 heterocycles. The molecule has 0 spiro atoms. The van der Waals surface area contributed by atoms with Crippen LogP contribution in [0.25, 0.3) is 16.5 Å². The van der Waals surface area contributed by atoms with Crippen LogP contribution in [0, 0.1) is 0 Å². The fourth-order valence-corrected chi connectivity index (χ4v) is 2.69. The van der Waals surface area contributed by atoms with Gasteiger partial charge in [-0.25, -0.2) is 15.0 Å². The predicted octanol–water partition coefficient (Wildman–Crippen LogP) is 2.44. The van der Waals surface area contributed by atoms with Crippen molar-refractivity contribution in [1.29, 1.82) is 0 Å². The van der Waals surface area contributed by atoms with Crippen molar-refractivity contribution in [1.82, 2.24) is 24.5 Å². The SMILES string of the molecule is C=CCN(C)C(=O)c1cc(N=C)n2nc(-c3nccs3)nc2c1. The number of amides is 1. The summed E-state index contributed by atoms with van der Waals surface area (Å²) in [6.45, 7) is 7.64. The molecule has 7 nitrogen and oxygen atoms in total. The standard InChI is InChI=1S/C15H14N6OS/c1-4-6-20(3)15(22)10-8-11(16-2)21-12(9-10)18-13(19-21)14-17-5-7-23-14/h4-5,7-9H,1-2,6H2,3H3. The molecule has 0 aliphatic rings. The minimum atomic E-state index is -0.143. The maximum absolute atomic E-state index is 12.4. The van der Waals surface area contributed by atoms with Crippen molar-refractivity contribution in [3.8, 4) is 10.8 Å². The number of carbonyl (C=O) groups excluding carboxylic acids is 1. The number of aromatic nitrogens is 4. The molecule has 0 saturated carbocycles. The summed E-state index contributed by atoms with van der Waals surface area (Å²) >= 11 is 1.44. The van der Waals surface area contributed by atoms with Crippen LogP contribution in [-0.4, -0.2) is 50.7 Å². The molecule has 0 atom stereocenters. The summed E-state index contributed by atoms with van der Waals surface area (Å²) in [5.74, 6) is 0.804. The zero-order valence-corrected chi connectivity index (χ0v) is 13.3. The second kappa shape index (κ2) is 6.09. The Morgan fingerprint density at radius 1 is 1.52 bits per heavy atom. The van der Waals surface area contributed by atoms with E-state index in [-0.39, 0.29) is 5.91 Å². The van der Waals surface area contributed by atoms with Crippen LogP contribution in [0.4, 0.5) is 5.82 Å². The van der Waals surface area contributed by atoms with Crippen molar-refractivity contribution < 1.29 is 4.79 Å². The molecule has 0 aromatic carbocycles. The Balaban J connectivity index is 2.10. The topological polar surface area (TPSA) is 75.8 Å². The number of nitrogens with zero attached hydrogens (tertiary/aromatic N) is 6. The van der Waals surface area contributed by atoms with E-state index in [1.54, 1.807) is 40.9 Å². The molecule has 0 saturated heterocycles. The third-order valence-corrected chi connectivity index (χ3v) is 3.97. The summed E-state index contributed by atoms with van der Waals surface area (Å²) in [4.78, 5) is 26.6. The zero-order chi connectivity index (χ0) is 16.4. The van der Waals surface area contributed by atoms with Crippen molar-refractivity contribution in [3.05, 3.63) is 41.9 Å². The molecule has 0 bridgehead atoms. The molecule has 23 heavy (non-hydrogen) atoms. The number of hydrogen-bond acceptors (Lipinski definition) is 6. The highest BCUT2D eigenvalue weighted by Crippen LogP contribution is 2.23. The van der Waals surface area contributed by atoms with Gasteiger partial charge in [0.05, 0.1) is 0 Å². The molecule has 116 valence electrons. The van der Waals surface area contributed by atoms with E-state index >= 15 is 0 Å². The third kappa shape index (κ3) is 2.76. The molecule has 0 fully saturated rings. The van der Waals surface area contributed by atoms with Gasteiger partial charge in [0.15, 0.2) is 16.5 Å². The fourth-order valence-electron chi connectivity index (χ4n) is 2.12. The molecule has 0 N–H and O–H groups in total. The van der Waals surface area contributed by atoms with Crippen LogP contribution in [0.3, 0.4) is 0 Å². The Morgan fingerprint density at radius 3 is 3.00 bits per heavy atom. The van der Waals surface area contributed by atoms with Crippen molar-refractivity contribution in [3.63, 3.8) is 0 Å². The Labute approximate surface area is 136 Å². The van der Waals surface area contributed by atoms with E-state index in [0.29, 0.717) is 34.4 Å². The first-order valence-electron chi connectivity index (χ1n) is 6.78. The Bertz CT molecular complexity index is 883. The first kappa shape index (κ1) is 15.0. The largest absolute Gasteiger partial charge is 0.338 e. The van der Waals surface area contributed by atoms with E-state index in [2.05, 4.69) is 33.4 Å². The molecule has 8 heteroatoms. The summed E-state index contributed by atoms with van der Waals surface area (Å²) in [5, 5.41) is 6.95. The van der Waals surface area contributed by atoms with Crippen molar-refractivity contribution in [2.75, 3.05) is 13.6 Å². The van der Waals surface area contributed by atoms with Gasteiger partial charge >= 0.3 is 0 Å². The molecule has 0 unspecified atom stereocenters. The minimum Gasteiger partial charge on any atom is -0.338 e. The maximum atomic E-state index is 12.4. The second-order valence-corrected chi connectivity index (χ2v) is 5.67. The van der Waals surface area contributed by atoms with E-state index in [1.807, 2.05) is 5.38 Å². The fraction of sp³-hybridized carbons (Fsp3) is 0.133. The van der Waals surface area contributed by atoms with E-state index < -0.39 is 0 Å². The van der Waals surface area contributed by atoms with E-state index in [4.69, 9.17) is 0 Å². The molecular formula is C15H14N6OS. The Kier molecular flexibility index (Phi) is 3.98. The first-order valence-corrected chi connectivity index (χ1v) is 7.65. The van der Waals surface area contributed by atoms with Gasteiger partial charge in [-0.1, -0.05) is 6.08 Å². The van der Waals surface area contributed by atoms with E-state index in [9.17, 15) is 4.79 Å². The summed E-state index contributed by atoms with van der Waals surface area (Å²) in [6, 6.07) is 3.32. The summed E-state index contributed by atoms with van der Waals surface area (Å²) in [5.41, 5.74) is 0.998. The van der Waals surface area contributed by atoms with E-state index in [1.165, 1.54) is 11.3 Å². The van der Waals surface area contributed by atoms with Crippen molar-refractivity contribution in [2.45, 2.75) is 0 Å². The van der Waals surface area contributed by atoms with Crippen LogP contribution in [0.2, 0.25) is 0 Å². The van der Waals surface area contributed by atoms with Crippen LogP contribution in [0.1, 0.15) is 10.4 Å². The summed E-state index contributed by atoms with van der Waals surface area (Å²) < 4.78 is 1.55. The molecule has 3 rings (SSSR count). The number of carbonyl (C=O) groups is 1. The normalized spacial score (nSPS) is 10.7. The van der Waals surface area contributed by atoms with Gasteiger partial charge in [-0.2, -0.15) is 4.52 Å². The molecule has 3 aromatic heterocycles. The Hall–Kier alpha value is -2.87. The Morgan fingerprint density at radius 2 is 2.35 bits per heavy atom. The molecule has 3 aromatic rings. The summed E-state index contributed by atoms with van der Waals surface area (Å²) in [6.07, 6.45) is 3.36. The smallest absolute Gasteiger partial charge is 0.254 e. The van der Waals surface area contributed by atoms with Gasteiger partial charge in [0, 0.05) is 30.7 Å². The lowest BCUT2D eigenvalue weighted by Crippen LogP contribution is -2.26. The van der Waals surface area contributed by atoms with Gasteiger partial charge in [-0.15, -0.1) is 23.0 Å². The molecule has 0 aliphatic heterocycles. The second-order valence-electron chi connectivity index (χ2n) is 4.78. The summed E-state index contributed by atoms with van der Waals surface area (Å²) in [7, 11) is 1.71. The maximum Gasteiger partial charge on any atom is 0.254 e. The van der Waals surface area contributed by atoms with Crippen molar-refractivity contribution in [2.24, 2.45) is 4.99 Å². The quantitative estimate of drug-likeness (QED) is 0.533. The van der Waals surface area contributed by atoms with Crippen LogP contribution >= 0.6 is 11.3 Å². The molecular weight excluding hydrogens is 312 g/mol. The number of aliphatic imine (C=N–C) groups is 1. The lowest BCUT2D eigenvalue weighted by atomic mass is 10.2. The lowest BCUT2D eigenvalue weighted by molar-refractivity contribution is 0.0810. The molecule has 0 radical (unpaired) electrons. The highest BCUT2D eigenvalue weighted by molar-refractivity contribution is 7.13. The number of fused-ring (bicyclic) bond motifs is 1. The number of hydrogen-bond donors (Lipinski definition) is 0. The van der Waals surface area contributed by atoms with Crippen LogP contribution in [-0.2, 0) is 0 Å². The van der Waals surface area contributed by atoms with Gasteiger partial charge in [0.2, 0.25) is 5.82 Å². The van der Waals surface area contributed by atoms with Crippen LogP contribution in [0.15, 0.2) is 41.4 Å².